The lowest BCUT2D eigenvalue weighted by Crippen LogP contribution is -2.21. The van der Waals surface area contributed by atoms with E-state index in [1.165, 1.54) is 7.11 Å². The maximum absolute atomic E-state index is 8.94. The van der Waals surface area contributed by atoms with E-state index in [4.69, 9.17) is 31.6 Å². The minimum Gasteiger partial charge on any atom is -0.465 e. The van der Waals surface area contributed by atoms with Crippen molar-refractivity contribution in [2.75, 3.05) is 7.11 Å². The highest BCUT2D eigenvalue weighted by Crippen LogP contribution is 2.22. The molecule has 0 N–H and O–H groups in total. The van der Waals surface area contributed by atoms with E-state index in [0.29, 0.717) is 28.3 Å². The lowest BCUT2D eigenvalue weighted by atomic mass is 10.1. The molecule has 0 aromatic heterocycles. The fourth-order valence-electron chi connectivity index (χ4n) is 1.98. The fourth-order valence-corrected chi connectivity index (χ4v) is 2.21. The van der Waals surface area contributed by atoms with Crippen molar-refractivity contribution in [2.45, 2.75) is 12.7 Å². The molecule has 110 valence electrons. The summed E-state index contributed by atoms with van der Waals surface area (Å²) in [7, 11) is 1.54. The number of hydrogen-bond donors (Lipinski definition) is 0. The third-order valence-corrected chi connectivity index (χ3v) is 3.21. The molecule has 0 fully saturated rings. The Bertz CT molecular complexity index is 747. The average Bonchev–Trinajstić information content (AvgIpc) is 2.53. The smallest absolute Gasteiger partial charge is 0.203 e. The summed E-state index contributed by atoms with van der Waals surface area (Å²) in [4.78, 5) is 0. The zero-order valence-corrected chi connectivity index (χ0v) is 12.7. The summed E-state index contributed by atoms with van der Waals surface area (Å²) in [5.41, 5.74) is 1.93. The van der Waals surface area contributed by atoms with Crippen LogP contribution in [0.25, 0.3) is 0 Å². The predicted octanol–water partition coefficient (Wildman–Crippen LogP) is 3.68. The van der Waals surface area contributed by atoms with Gasteiger partial charge in [0.2, 0.25) is 6.29 Å². The molecule has 0 radical (unpaired) electrons. The Morgan fingerprint density at radius 3 is 2.55 bits per heavy atom. The van der Waals surface area contributed by atoms with Gasteiger partial charge in [0.1, 0.15) is 5.75 Å². The lowest BCUT2D eigenvalue weighted by Gasteiger charge is -2.18. The van der Waals surface area contributed by atoms with Crippen molar-refractivity contribution >= 4 is 11.6 Å². The van der Waals surface area contributed by atoms with Crippen molar-refractivity contribution < 1.29 is 9.47 Å². The Labute approximate surface area is 134 Å². The van der Waals surface area contributed by atoms with Crippen LogP contribution in [0, 0.1) is 22.7 Å². The quantitative estimate of drug-likeness (QED) is 0.790. The van der Waals surface area contributed by atoms with Crippen LogP contribution in [-0.2, 0) is 11.2 Å². The van der Waals surface area contributed by atoms with Crippen molar-refractivity contribution in [2.24, 2.45) is 0 Å². The van der Waals surface area contributed by atoms with Gasteiger partial charge in [-0.3, -0.25) is 0 Å². The zero-order valence-electron chi connectivity index (χ0n) is 11.9. The van der Waals surface area contributed by atoms with Gasteiger partial charge in [-0.2, -0.15) is 10.5 Å². The number of methoxy groups -OCH3 is 1. The van der Waals surface area contributed by atoms with Crippen molar-refractivity contribution in [3.63, 3.8) is 0 Å². The molecule has 0 aliphatic rings. The monoisotopic (exact) mass is 312 g/mol. The maximum Gasteiger partial charge on any atom is 0.203 e. The first-order valence-electron chi connectivity index (χ1n) is 6.54. The summed E-state index contributed by atoms with van der Waals surface area (Å²) < 4.78 is 11.0. The van der Waals surface area contributed by atoms with Gasteiger partial charge in [0, 0.05) is 18.6 Å². The van der Waals surface area contributed by atoms with Crippen LogP contribution in [0.15, 0.2) is 42.5 Å². The summed E-state index contributed by atoms with van der Waals surface area (Å²) in [5, 5.41) is 18.3. The molecule has 4 nitrogen and oxygen atoms in total. The fraction of sp³-hybridized carbons (Fsp3) is 0.176. The normalized spacial score (nSPS) is 11.3. The van der Waals surface area contributed by atoms with Crippen LogP contribution in [0.1, 0.15) is 16.7 Å². The molecule has 0 saturated heterocycles. The third-order valence-electron chi connectivity index (χ3n) is 2.99. The van der Waals surface area contributed by atoms with Gasteiger partial charge in [0.25, 0.3) is 0 Å². The minimum absolute atomic E-state index is 0.420. The molecule has 0 heterocycles. The van der Waals surface area contributed by atoms with E-state index in [2.05, 4.69) is 6.07 Å². The Morgan fingerprint density at radius 1 is 1.09 bits per heavy atom. The number of benzene rings is 2. The summed E-state index contributed by atoms with van der Waals surface area (Å²) in [6, 6.07) is 16.1. The largest absolute Gasteiger partial charge is 0.465 e. The standard InChI is InChI=1S/C17H13ClN2O2/c1-21-17(8-12-3-2-4-13(5-12)10-19)22-16-7-14(11-20)6-15(18)9-16/h2-7,9,17H,8H2,1H3. The summed E-state index contributed by atoms with van der Waals surface area (Å²) in [5.74, 6) is 0.465. The van der Waals surface area contributed by atoms with Gasteiger partial charge < -0.3 is 9.47 Å². The van der Waals surface area contributed by atoms with Crippen LogP contribution < -0.4 is 4.74 Å². The number of hydrogen-bond acceptors (Lipinski definition) is 4. The Morgan fingerprint density at radius 2 is 1.86 bits per heavy atom. The summed E-state index contributed by atoms with van der Waals surface area (Å²) in [6.45, 7) is 0. The second-order valence-electron chi connectivity index (χ2n) is 4.59. The number of ether oxygens (including phenoxy) is 2. The van der Waals surface area contributed by atoms with E-state index in [-0.39, 0.29) is 0 Å². The minimum atomic E-state index is -0.543. The van der Waals surface area contributed by atoms with E-state index in [1.54, 1.807) is 30.3 Å². The Balaban J connectivity index is 2.14. The maximum atomic E-state index is 8.94. The molecule has 0 aliphatic carbocycles. The van der Waals surface area contributed by atoms with Gasteiger partial charge in [-0.15, -0.1) is 0 Å². The third kappa shape index (κ3) is 4.23. The number of halogens is 1. The Hall–Kier alpha value is -2.53. The van der Waals surface area contributed by atoms with Crippen LogP contribution in [0.4, 0.5) is 0 Å². The molecular formula is C17H13ClN2O2. The molecule has 1 unspecified atom stereocenters. The Kier molecular flexibility index (Phi) is 5.38. The summed E-state index contributed by atoms with van der Waals surface area (Å²) >= 11 is 5.95. The van der Waals surface area contributed by atoms with Gasteiger partial charge in [-0.05, 0) is 35.9 Å². The second-order valence-corrected chi connectivity index (χ2v) is 5.02. The molecular weight excluding hydrogens is 300 g/mol. The first-order chi connectivity index (χ1) is 10.6. The van der Waals surface area contributed by atoms with E-state index in [0.717, 1.165) is 5.56 Å². The average molecular weight is 313 g/mol. The molecule has 5 heteroatoms. The van der Waals surface area contributed by atoms with Crippen LogP contribution in [-0.4, -0.2) is 13.4 Å². The highest BCUT2D eigenvalue weighted by molar-refractivity contribution is 6.30. The highest BCUT2D eigenvalue weighted by Gasteiger charge is 2.12. The van der Waals surface area contributed by atoms with E-state index in [9.17, 15) is 0 Å². The lowest BCUT2D eigenvalue weighted by molar-refractivity contribution is -0.0519. The van der Waals surface area contributed by atoms with Crippen molar-refractivity contribution in [3.05, 3.63) is 64.2 Å². The highest BCUT2D eigenvalue weighted by atomic mass is 35.5. The van der Waals surface area contributed by atoms with Gasteiger partial charge in [0.15, 0.2) is 0 Å². The first-order valence-corrected chi connectivity index (χ1v) is 6.91. The van der Waals surface area contributed by atoms with Crippen LogP contribution in [0.3, 0.4) is 0 Å². The molecule has 0 spiro atoms. The SMILES string of the molecule is COC(Cc1cccc(C#N)c1)Oc1cc(Cl)cc(C#N)c1. The molecule has 2 aromatic rings. The van der Waals surface area contributed by atoms with Gasteiger partial charge in [0.05, 0.1) is 23.3 Å². The molecule has 0 saturated carbocycles. The second kappa shape index (κ2) is 7.47. The molecule has 0 bridgehead atoms. The molecule has 22 heavy (non-hydrogen) atoms. The van der Waals surface area contributed by atoms with Gasteiger partial charge >= 0.3 is 0 Å². The van der Waals surface area contributed by atoms with Gasteiger partial charge in [-0.1, -0.05) is 23.7 Å². The molecule has 2 aromatic carbocycles. The van der Waals surface area contributed by atoms with E-state index < -0.39 is 6.29 Å². The van der Waals surface area contributed by atoms with Crippen molar-refractivity contribution in [3.8, 4) is 17.9 Å². The van der Waals surface area contributed by atoms with Crippen molar-refractivity contribution in [1.82, 2.24) is 0 Å². The zero-order chi connectivity index (χ0) is 15.9. The topological polar surface area (TPSA) is 66.0 Å². The number of nitrogens with zero attached hydrogens (tertiary/aromatic N) is 2. The molecule has 0 amide bonds. The molecule has 2 rings (SSSR count). The van der Waals surface area contributed by atoms with Crippen LogP contribution in [0.5, 0.6) is 5.75 Å². The van der Waals surface area contributed by atoms with Crippen LogP contribution in [0.2, 0.25) is 5.02 Å². The van der Waals surface area contributed by atoms with E-state index in [1.807, 2.05) is 18.2 Å². The summed E-state index contributed by atoms with van der Waals surface area (Å²) in [6.07, 6.45) is -0.0700. The van der Waals surface area contributed by atoms with Crippen molar-refractivity contribution in [1.29, 1.82) is 10.5 Å². The first kappa shape index (κ1) is 15.9. The number of rotatable bonds is 5. The van der Waals surface area contributed by atoms with Crippen LogP contribution >= 0.6 is 11.6 Å². The molecule has 0 aliphatic heterocycles. The molecule has 1 atom stereocenters. The number of nitriles is 2. The van der Waals surface area contributed by atoms with Gasteiger partial charge in [-0.25, -0.2) is 0 Å². The van der Waals surface area contributed by atoms with E-state index >= 15 is 0 Å². The predicted molar refractivity (Wildman–Crippen MR) is 82.5 cm³/mol.